The topological polar surface area (TPSA) is 164 Å². The second kappa shape index (κ2) is 21.7. The van der Waals surface area contributed by atoms with Crippen molar-refractivity contribution in [2.24, 2.45) is 5.92 Å². The third-order valence-corrected chi connectivity index (χ3v) is 12.1. The summed E-state index contributed by atoms with van der Waals surface area (Å²) in [5, 5.41) is 27.6. The predicted molar refractivity (Wildman–Crippen MR) is 251 cm³/mol. The number of phenols is 1. The molecule has 1 unspecified atom stereocenters. The number of aromatic amines is 1. The summed E-state index contributed by atoms with van der Waals surface area (Å²) in [5.41, 5.74) is 5.94. The molecular weight excluding hydrogens is 826 g/mol. The van der Waals surface area contributed by atoms with Crippen LogP contribution in [0.4, 0.5) is 20.6 Å². The van der Waals surface area contributed by atoms with Gasteiger partial charge in [0.15, 0.2) is 0 Å². The van der Waals surface area contributed by atoms with Crippen LogP contribution in [0.25, 0.3) is 22.0 Å². The van der Waals surface area contributed by atoms with Gasteiger partial charge in [0.2, 0.25) is 17.4 Å². The van der Waals surface area contributed by atoms with E-state index >= 15 is 0 Å². The van der Waals surface area contributed by atoms with Crippen molar-refractivity contribution in [3.63, 3.8) is 0 Å². The monoisotopic (exact) mass is 881 g/mol. The molecule has 0 saturated carbocycles. The van der Waals surface area contributed by atoms with Gasteiger partial charge in [-0.2, -0.15) is 0 Å². The smallest absolute Gasteiger partial charge is 0.411 e. The van der Waals surface area contributed by atoms with E-state index in [4.69, 9.17) is 4.74 Å². The molecule has 5 N–H and O–H groups in total. The van der Waals surface area contributed by atoms with Crippen LogP contribution < -0.4 is 21.1 Å². The SMILES string of the molecule is CC(CC[C@H](O)c1ccc(O)c2[nH]c(=O)ccc12)Cc1cc(CNC(=O)Cc2ccc(N(C)C(=O)CCN3CCC(OC(=O)Nc4ccccc4-c4ccccc4)CC3)cc2)ccc1F. The summed E-state index contributed by atoms with van der Waals surface area (Å²) >= 11 is 0. The van der Waals surface area contributed by atoms with Crippen LogP contribution in [0.15, 0.2) is 126 Å². The normalized spacial score (nSPS) is 14.1. The number of piperidine rings is 1. The molecule has 0 radical (unpaired) electrons. The number of likely N-dealkylation sites (tertiary alicyclic amines) is 1. The van der Waals surface area contributed by atoms with Crippen molar-refractivity contribution in [3.8, 4) is 16.9 Å². The molecule has 1 saturated heterocycles. The molecule has 2 atom stereocenters. The molecule has 1 fully saturated rings. The predicted octanol–water partition coefficient (Wildman–Crippen LogP) is 8.66. The van der Waals surface area contributed by atoms with Crippen molar-refractivity contribution in [1.82, 2.24) is 15.2 Å². The van der Waals surface area contributed by atoms with E-state index in [1.54, 1.807) is 36.2 Å². The summed E-state index contributed by atoms with van der Waals surface area (Å²) in [6.07, 6.45) is 1.74. The number of nitrogens with zero attached hydrogens (tertiary/aromatic N) is 2. The average Bonchev–Trinajstić information content (AvgIpc) is 3.31. The number of amides is 3. The molecule has 7 rings (SSSR count). The molecule has 0 bridgehead atoms. The summed E-state index contributed by atoms with van der Waals surface area (Å²) in [4.78, 5) is 57.1. The number of H-pyrrole nitrogens is 1. The van der Waals surface area contributed by atoms with Crippen molar-refractivity contribution in [1.29, 1.82) is 0 Å². The summed E-state index contributed by atoms with van der Waals surface area (Å²) < 4.78 is 20.7. The fourth-order valence-corrected chi connectivity index (χ4v) is 8.37. The van der Waals surface area contributed by atoms with E-state index in [0.29, 0.717) is 80.4 Å². The Hall–Kier alpha value is -6.83. The molecular formula is C52H56FN5O7. The first-order valence-corrected chi connectivity index (χ1v) is 22.2. The largest absolute Gasteiger partial charge is 0.506 e. The molecule has 1 aliphatic heterocycles. The zero-order chi connectivity index (χ0) is 45.9. The van der Waals surface area contributed by atoms with E-state index < -0.39 is 12.2 Å². The van der Waals surface area contributed by atoms with Gasteiger partial charge in [-0.15, -0.1) is 0 Å². The number of para-hydroxylation sites is 1. The number of benzene rings is 5. The Morgan fingerprint density at radius 2 is 1.62 bits per heavy atom. The number of aromatic nitrogens is 1. The van der Waals surface area contributed by atoms with E-state index in [0.717, 1.165) is 27.9 Å². The number of halogens is 1. The van der Waals surface area contributed by atoms with Gasteiger partial charge in [-0.1, -0.05) is 85.8 Å². The van der Waals surface area contributed by atoms with E-state index in [9.17, 15) is 33.8 Å². The lowest BCUT2D eigenvalue weighted by Gasteiger charge is -2.31. The van der Waals surface area contributed by atoms with E-state index in [1.807, 2.05) is 85.8 Å². The molecule has 338 valence electrons. The number of hydrogen-bond donors (Lipinski definition) is 5. The van der Waals surface area contributed by atoms with Crippen molar-refractivity contribution in [2.75, 3.05) is 36.9 Å². The van der Waals surface area contributed by atoms with E-state index in [2.05, 4.69) is 20.5 Å². The number of fused-ring (bicyclic) bond motifs is 1. The standard InChI is InChI=1S/C52H56FN5O7/c1-34(12-21-46(59)42-18-22-47(60)51-43(42)19-23-48(61)56-51)30-38-31-36(15-20-44(38)53)33-54-49(62)32-35-13-16-39(17-14-35)57(2)50(63)26-29-58-27-24-40(25-28-58)65-52(64)55-45-11-7-6-10-41(45)37-8-4-3-5-9-37/h3-11,13-20,22-23,31,34,40,46,59-60H,12,21,24-30,32-33H2,1-2H3,(H,54,62)(H,55,64)(H,56,61)/t34?,46-/m0/s1. The number of aromatic hydroxyl groups is 1. The molecule has 3 amide bonds. The number of anilines is 2. The lowest BCUT2D eigenvalue weighted by atomic mass is 9.91. The number of carbonyl (C=O) groups is 3. The number of ether oxygens (including phenoxy) is 1. The van der Waals surface area contributed by atoms with Gasteiger partial charge in [-0.3, -0.25) is 19.7 Å². The Labute approximate surface area is 378 Å². The molecule has 12 nitrogen and oxygen atoms in total. The molecule has 0 spiro atoms. The summed E-state index contributed by atoms with van der Waals surface area (Å²) in [6.45, 7) is 4.25. The lowest BCUT2D eigenvalue weighted by molar-refractivity contribution is -0.120. The molecule has 1 aliphatic rings. The van der Waals surface area contributed by atoms with Crippen LogP contribution in [0, 0.1) is 11.7 Å². The number of hydrogen-bond acceptors (Lipinski definition) is 8. The minimum Gasteiger partial charge on any atom is -0.506 e. The van der Waals surface area contributed by atoms with Gasteiger partial charge in [0.05, 0.1) is 23.7 Å². The first-order valence-electron chi connectivity index (χ1n) is 22.2. The van der Waals surface area contributed by atoms with E-state index in [-0.39, 0.29) is 59.4 Å². The zero-order valence-electron chi connectivity index (χ0n) is 36.8. The summed E-state index contributed by atoms with van der Waals surface area (Å²) in [7, 11) is 1.74. The van der Waals surface area contributed by atoms with Gasteiger partial charge >= 0.3 is 6.09 Å². The molecule has 13 heteroatoms. The molecule has 0 aliphatic carbocycles. The van der Waals surface area contributed by atoms with Crippen LogP contribution in [-0.4, -0.2) is 70.8 Å². The first-order chi connectivity index (χ1) is 31.4. The van der Waals surface area contributed by atoms with Crippen LogP contribution in [0.1, 0.15) is 67.4 Å². The fraction of sp³-hybridized carbons (Fsp3) is 0.308. The molecule has 65 heavy (non-hydrogen) atoms. The van der Waals surface area contributed by atoms with Gasteiger partial charge < -0.3 is 35.1 Å². The molecule has 1 aromatic heterocycles. The second-order valence-electron chi connectivity index (χ2n) is 16.9. The van der Waals surface area contributed by atoms with Crippen LogP contribution in [0.2, 0.25) is 0 Å². The molecule has 2 heterocycles. The maximum atomic E-state index is 14.9. The number of aliphatic hydroxyl groups is 1. The van der Waals surface area contributed by atoms with Crippen LogP contribution >= 0.6 is 0 Å². The quantitative estimate of drug-likeness (QED) is 0.0608. The number of phenolic OH excluding ortho intramolecular Hbond substituents is 1. The van der Waals surface area contributed by atoms with Crippen LogP contribution in [0.3, 0.4) is 0 Å². The fourth-order valence-electron chi connectivity index (χ4n) is 8.37. The Bertz CT molecular complexity index is 2650. The average molecular weight is 882 g/mol. The minimum atomic E-state index is -0.843. The van der Waals surface area contributed by atoms with Gasteiger partial charge in [0, 0.05) is 62.4 Å². The zero-order valence-corrected chi connectivity index (χ0v) is 36.8. The summed E-state index contributed by atoms with van der Waals surface area (Å²) in [5.74, 6) is -0.592. The van der Waals surface area contributed by atoms with Gasteiger partial charge in [-0.25, -0.2) is 9.18 Å². The number of carbonyl (C=O) groups excluding carboxylic acids is 3. The number of nitrogens with one attached hydrogen (secondary N) is 3. The third kappa shape index (κ3) is 12.5. The highest BCUT2D eigenvalue weighted by Gasteiger charge is 2.24. The van der Waals surface area contributed by atoms with Crippen molar-refractivity contribution < 1.29 is 33.7 Å². The highest BCUT2D eigenvalue weighted by atomic mass is 19.1. The Morgan fingerprint density at radius 3 is 2.38 bits per heavy atom. The Kier molecular flexibility index (Phi) is 15.4. The van der Waals surface area contributed by atoms with Gasteiger partial charge in [-0.05, 0) is 102 Å². The maximum absolute atomic E-state index is 14.9. The molecule has 5 aromatic carbocycles. The Morgan fingerprint density at radius 1 is 0.892 bits per heavy atom. The van der Waals surface area contributed by atoms with Crippen molar-refractivity contribution >= 4 is 40.2 Å². The van der Waals surface area contributed by atoms with Gasteiger partial charge in [0.25, 0.3) is 0 Å². The molecule has 6 aromatic rings. The number of aliphatic hydroxyl groups excluding tert-OH is 1. The van der Waals surface area contributed by atoms with E-state index in [1.165, 1.54) is 18.2 Å². The highest BCUT2D eigenvalue weighted by molar-refractivity contribution is 5.93. The summed E-state index contributed by atoms with van der Waals surface area (Å²) in [6, 6.07) is 35.7. The number of rotatable bonds is 17. The Balaban J connectivity index is 0.802. The van der Waals surface area contributed by atoms with Crippen molar-refractivity contribution in [3.05, 3.63) is 160 Å². The maximum Gasteiger partial charge on any atom is 0.411 e. The second-order valence-corrected chi connectivity index (χ2v) is 16.9. The minimum absolute atomic E-state index is 0.0293. The number of pyridine rings is 1. The third-order valence-electron chi connectivity index (χ3n) is 12.1. The van der Waals surface area contributed by atoms with Crippen LogP contribution in [-0.2, 0) is 33.7 Å². The highest BCUT2D eigenvalue weighted by Crippen LogP contribution is 2.32. The van der Waals surface area contributed by atoms with Crippen molar-refractivity contribution in [2.45, 2.75) is 70.6 Å². The lowest BCUT2D eigenvalue weighted by Crippen LogP contribution is -2.40. The first kappa shape index (κ1) is 46.2. The van der Waals surface area contributed by atoms with Crippen LogP contribution in [0.5, 0.6) is 5.75 Å². The van der Waals surface area contributed by atoms with Gasteiger partial charge in [0.1, 0.15) is 17.7 Å².